The summed E-state index contributed by atoms with van der Waals surface area (Å²) in [5.74, 6) is 1.46. The van der Waals surface area contributed by atoms with Gasteiger partial charge < -0.3 is 10.4 Å². The zero-order valence-electron chi connectivity index (χ0n) is 12.0. The van der Waals surface area contributed by atoms with Gasteiger partial charge in [-0.3, -0.25) is 4.79 Å². The Morgan fingerprint density at radius 1 is 1.35 bits per heavy atom. The molecule has 3 nitrogen and oxygen atoms in total. The predicted octanol–water partition coefficient (Wildman–Crippen LogP) is 2.19. The molecule has 20 heavy (non-hydrogen) atoms. The van der Waals surface area contributed by atoms with Crippen LogP contribution < -0.4 is 5.32 Å². The number of rotatable bonds is 9. The van der Waals surface area contributed by atoms with Gasteiger partial charge in [-0.2, -0.15) is 23.5 Å². The van der Waals surface area contributed by atoms with E-state index >= 15 is 0 Å². The Morgan fingerprint density at radius 2 is 2.05 bits per heavy atom. The second-order valence-electron chi connectivity index (χ2n) is 4.60. The molecular weight excluding hydrogens is 290 g/mol. The number of hydrogen-bond donors (Lipinski definition) is 2. The van der Waals surface area contributed by atoms with E-state index in [4.69, 9.17) is 0 Å². The highest BCUT2D eigenvalue weighted by Crippen LogP contribution is 2.11. The molecule has 112 valence electrons. The van der Waals surface area contributed by atoms with Gasteiger partial charge in [0, 0.05) is 11.3 Å². The molecule has 0 saturated carbocycles. The van der Waals surface area contributed by atoms with E-state index in [9.17, 15) is 9.90 Å². The first kappa shape index (κ1) is 17.4. The molecule has 0 aliphatic heterocycles. The van der Waals surface area contributed by atoms with Crippen LogP contribution in [0.5, 0.6) is 0 Å². The van der Waals surface area contributed by atoms with Crippen LogP contribution in [-0.4, -0.2) is 46.7 Å². The van der Waals surface area contributed by atoms with Crippen molar-refractivity contribution in [1.29, 1.82) is 0 Å². The van der Waals surface area contributed by atoms with Crippen LogP contribution in [-0.2, 0) is 11.2 Å². The number of amides is 1. The van der Waals surface area contributed by atoms with Crippen molar-refractivity contribution >= 4 is 29.4 Å². The van der Waals surface area contributed by atoms with Gasteiger partial charge in [0.25, 0.3) is 0 Å². The van der Waals surface area contributed by atoms with Gasteiger partial charge in [-0.1, -0.05) is 30.3 Å². The summed E-state index contributed by atoms with van der Waals surface area (Å²) in [5.41, 5.74) is 1.30. The van der Waals surface area contributed by atoms with Crippen molar-refractivity contribution in [2.75, 3.05) is 24.4 Å². The number of thioether (sulfide) groups is 2. The highest BCUT2D eigenvalue weighted by Gasteiger charge is 2.16. The topological polar surface area (TPSA) is 49.3 Å². The van der Waals surface area contributed by atoms with E-state index in [1.165, 1.54) is 5.56 Å². The molecule has 0 aromatic heterocycles. The number of carbonyl (C=O) groups is 1. The van der Waals surface area contributed by atoms with Gasteiger partial charge in [-0.05, 0) is 30.9 Å². The smallest absolute Gasteiger partial charge is 0.230 e. The summed E-state index contributed by atoms with van der Waals surface area (Å²) in [7, 11) is 0. The molecule has 0 heterocycles. The van der Waals surface area contributed by atoms with Crippen molar-refractivity contribution in [2.45, 2.75) is 24.6 Å². The van der Waals surface area contributed by atoms with Crippen LogP contribution in [0, 0.1) is 0 Å². The van der Waals surface area contributed by atoms with Crippen LogP contribution in [0.4, 0.5) is 0 Å². The Kier molecular flexibility index (Phi) is 8.82. The largest absolute Gasteiger partial charge is 0.395 e. The van der Waals surface area contributed by atoms with Crippen LogP contribution in [0.1, 0.15) is 12.5 Å². The fourth-order valence-corrected chi connectivity index (χ4v) is 3.24. The second kappa shape index (κ2) is 10.1. The molecule has 1 aromatic carbocycles. The molecule has 2 N–H and O–H groups in total. The van der Waals surface area contributed by atoms with E-state index in [0.717, 1.165) is 12.2 Å². The maximum atomic E-state index is 11.8. The highest BCUT2D eigenvalue weighted by molar-refractivity contribution is 8.00. The van der Waals surface area contributed by atoms with Crippen LogP contribution in [0.3, 0.4) is 0 Å². The fourth-order valence-electron chi connectivity index (χ4n) is 1.82. The quantitative estimate of drug-likeness (QED) is 0.686. The molecule has 1 amide bonds. The minimum atomic E-state index is -0.00257. The zero-order chi connectivity index (χ0) is 14.8. The van der Waals surface area contributed by atoms with Gasteiger partial charge in [-0.25, -0.2) is 0 Å². The third-order valence-corrected chi connectivity index (χ3v) is 5.16. The average Bonchev–Trinajstić information content (AvgIpc) is 2.46. The number of benzene rings is 1. The monoisotopic (exact) mass is 313 g/mol. The lowest BCUT2D eigenvalue weighted by atomic mass is 10.2. The molecule has 0 aliphatic rings. The number of hydrogen-bond acceptors (Lipinski definition) is 4. The first-order chi connectivity index (χ1) is 9.67. The summed E-state index contributed by atoms with van der Waals surface area (Å²) < 4.78 is 0. The third-order valence-electron chi connectivity index (χ3n) is 3.04. The van der Waals surface area contributed by atoms with Gasteiger partial charge in [-0.15, -0.1) is 0 Å². The summed E-state index contributed by atoms with van der Waals surface area (Å²) in [4.78, 5) is 11.8. The summed E-state index contributed by atoms with van der Waals surface area (Å²) in [5, 5.41) is 12.2. The Bertz CT molecular complexity index is 383. The number of aryl methyl sites for hydroxylation is 1. The van der Waals surface area contributed by atoms with E-state index in [2.05, 4.69) is 17.4 Å². The van der Waals surface area contributed by atoms with Gasteiger partial charge >= 0.3 is 0 Å². The Labute approximate surface area is 129 Å². The lowest BCUT2D eigenvalue weighted by Crippen LogP contribution is -2.42. The van der Waals surface area contributed by atoms with Crippen LogP contribution in [0.15, 0.2) is 30.3 Å². The summed E-state index contributed by atoms with van der Waals surface area (Å²) in [6.07, 6.45) is 2.93. The standard InChI is InChI=1S/C15H23NO2S2/c1-12(14(10-17)19-2)16-15(18)11-20-9-8-13-6-4-3-5-7-13/h3-7,12,14,17H,8-11H2,1-2H3,(H,16,18). The highest BCUT2D eigenvalue weighted by atomic mass is 32.2. The van der Waals surface area contributed by atoms with E-state index in [1.807, 2.05) is 31.4 Å². The van der Waals surface area contributed by atoms with Crippen molar-refractivity contribution in [3.05, 3.63) is 35.9 Å². The van der Waals surface area contributed by atoms with Gasteiger partial charge in [0.1, 0.15) is 0 Å². The minimum Gasteiger partial charge on any atom is -0.395 e. The van der Waals surface area contributed by atoms with Crippen molar-refractivity contribution in [2.24, 2.45) is 0 Å². The Hall–Kier alpha value is -0.650. The first-order valence-electron chi connectivity index (χ1n) is 6.72. The van der Waals surface area contributed by atoms with Gasteiger partial charge in [0.2, 0.25) is 5.91 Å². The molecule has 2 unspecified atom stereocenters. The molecule has 2 atom stereocenters. The summed E-state index contributed by atoms with van der Waals surface area (Å²) in [6, 6.07) is 10.3. The average molecular weight is 313 g/mol. The minimum absolute atomic E-state index is 0.00257. The van der Waals surface area contributed by atoms with E-state index < -0.39 is 0 Å². The molecular formula is C15H23NO2S2. The molecule has 1 rings (SSSR count). The number of nitrogens with one attached hydrogen (secondary N) is 1. The third kappa shape index (κ3) is 6.68. The molecule has 0 bridgehead atoms. The lowest BCUT2D eigenvalue weighted by molar-refractivity contribution is -0.119. The van der Waals surface area contributed by atoms with Crippen LogP contribution in [0.25, 0.3) is 0 Å². The van der Waals surface area contributed by atoms with E-state index in [0.29, 0.717) is 5.75 Å². The van der Waals surface area contributed by atoms with Crippen LogP contribution in [0.2, 0.25) is 0 Å². The maximum Gasteiger partial charge on any atom is 0.230 e. The Morgan fingerprint density at radius 3 is 2.65 bits per heavy atom. The van der Waals surface area contributed by atoms with Gasteiger partial charge in [0.15, 0.2) is 0 Å². The maximum absolute atomic E-state index is 11.8. The van der Waals surface area contributed by atoms with Gasteiger partial charge in [0.05, 0.1) is 12.4 Å². The molecule has 0 aliphatic carbocycles. The molecule has 5 heteroatoms. The fraction of sp³-hybridized carbons (Fsp3) is 0.533. The zero-order valence-corrected chi connectivity index (χ0v) is 13.7. The van der Waals surface area contributed by atoms with Crippen molar-refractivity contribution in [1.82, 2.24) is 5.32 Å². The normalized spacial score (nSPS) is 13.8. The number of aliphatic hydroxyl groups excluding tert-OH is 1. The molecule has 0 radical (unpaired) electrons. The first-order valence-corrected chi connectivity index (χ1v) is 9.16. The predicted molar refractivity (Wildman–Crippen MR) is 89.5 cm³/mol. The van der Waals surface area contributed by atoms with Crippen molar-refractivity contribution < 1.29 is 9.90 Å². The van der Waals surface area contributed by atoms with E-state index in [1.54, 1.807) is 23.5 Å². The summed E-state index contributed by atoms with van der Waals surface area (Å²) in [6.45, 7) is 2.02. The second-order valence-corrected chi connectivity index (χ2v) is 6.78. The summed E-state index contributed by atoms with van der Waals surface area (Å²) >= 11 is 3.22. The van der Waals surface area contributed by atoms with Crippen molar-refractivity contribution in [3.63, 3.8) is 0 Å². The molecule has 0 saturated heterocycles. The molecule has 0 fully saturated rings. The molecule has 1 aromatic rings. The van der Waals surface area contributed by atoms with Crippen LogP contribution >= 0.6 is 23.5 Å². The molecule has 0 spiro atoms. The number of carbonyl (C=O) groups excluding carboxylic acids is 1. The van der Waals surface area contributed by atoms with E-state index in [-0.39, 0.29) is 23.8 Å². The van der Waals surface area contributed by atoms with Crippen molar-refractivity contribution in [3.8, 4) is 0 Å². The Balaban J connectivity index is 2.17. The SMILES string of the molecule is CSC(CO)C(C)NC(=O)CSCCc1ccccc1. The lowest BCUT2D eigenvalue weighted by Gasteiger charge is -2.21. The number of aliphatic hydroxyl groups is 1.